The van der Waals surface area contributed by atoms with E-state index in [9.17, 15) is 9.59 Å². The van der Waals surface area contributed by atoms with Gasteiger partial charge in [0.15, 0.2) is 5.76 Å². The number of hydrogen-bond acceptors (Lipinski definition) is 3. The highest BCUT2D eigenvalue weighted by Gasteiger charge is 2.15. The summed E-state index contributed by atoms with van der Waals surface area (Å²) in [6.45, 7) is 1.83. The SMILES string of the molecule is CCc1ccccc1NC(=O)CNC(=O)c1ccc(-c2cc(Cl)ccc2Cl)o1. The van der Waals surface area contributed by atoms with E-state index in [1.165, 1.54) is 6.07 Å². The summed E-state index contributed by atoms with van der Waals surface area (Å²) in [5, 5.41) is 6.30. The molecule has 0 atom stereocenters. The molecule has 0 fully saturated rings. The molecule has 2 aromatic carbocycles. The van der Waals surface area contributed by atoms with Gasteiger partial charge >= 0.3 is 0 Å². The van der Waals surface area contributed by atoms with E-state index in [2.05, 4.69) is 10.6 Å². The lowest BCUT2D eigenvalue weighted by atomic mass is 10.1. The van der Waals surface area contributed by atoms with Gasteiger partial charge in [-0.2, -0.15) is 0 Å². The van der Waals surface area contributed by atoms with Crippen molar-refractivity contribution in [2.45, 2.75) is 13.3 Å². The Balaban J connectivity index is 1.62. The van der Waals surface area contributed by atoms with Gasteiger partial charge in [-0.15, -0.1) is 0 Å². The molecular formula is C21H18Cl2N2O3. The van der Waals surface area contributed by atoms with Crippen molar-refractivity contribution in [3.63, 3.8) is 0 Å². The topological polar surface area (TPSA) is 71.3 Å². The quantitative estimate of drug-likeness (QED) is 0.580. The van der Waals surface area contributed by atoms with Crippen LogP contribution >= 0.6 is 23.2 Å². The van der Waals surface area contributed by atoms with Crippen molar-refractivity contribution in [2.24, 2.45) is 0 Å². The molecule has 0 aliphatic carbocycles. The van der Waals surface area contributed by atoms with Crippen molar-refractivity contribution >= 4 is 40.7 Å². The highest BCUT2D eigenvalue weighted by Crippen LogP contribution is 2.31. The van der Waals surface area contributed by atoms with Gasteiger partial charge in [0.25, 0.3) is 5.91 Å². The maximum Gasteiger partial charge on any atom is 0.287 e. The summed E-state index contributed by atoms with van der Waals surface area (Å²) in [5.41, 5.74) is 2.35. The number of furan rings is 1. The molecule has 28 heavy (non-hydrogen) atoms. The van der Waals surface area contributed by atoms with Crippen molar-refractivity contribution < 1.29 is 14.0 Å². The van der Waals surface area contributed by atoms with E-state index >= 15 is 0 Å². The van der Waals surface area contributed by atoms with Gasteiger partial charge in [0.05, 0.1) is 11.6 Å². The van der Waals surface area contributed by atoms with Crippen LogP contribution in [0.4, 0.5) is 5.69 Å². The highest BCUT2D eigenvalue weighted by molar-refractivity contribution is 6.35. The van der Waals surface area contributed by atoms with Crippen LogP contribution < -0.4 is 10.6 Å². The number of carbonyl (C=O) groups excluding carboxylic acids is 2. The van der Waals surface area contributed by atoms with E-state index in [1.54, 1.807) is 24.3 Å². The number of anilines is 1. The molecule has 2 N–H and O–H groups in total. The zero-order valence-electron chi connectivity index (χ0n) is 15.1. The summed E-state index contributed by atoms with van der Waals surface area (Å²) in [6, 6.07) is 15.7. The zero-order chi connectivity index (χ0) is 20.1. The second-order valence-electron chi connectivity index (χ2n) is 6.03. The Hall–Kier alpha value is -2.76. The van der Waals surface area contributed by atoms with E-state index in [4.69, 9.17) is 27.6 Å². The van der Waals surface area contributed by atoms with E-state index < -0.39 is 5.91 Å². The van der Waals surface area contributed by atoms with Gasteiger partial charge in [-0.25, -0.2) is 0 Å². The summed E-state index contributed by atoms with van der Waals surface area (Å²) >= 11 is 12.1. The molecule has 0 saturated heterocycles. The molecule has 0 radical (unpaired) electrons. The average Bonchev–Trinajstić information content (AvgIpc) is 3.18. The van der Waals surface area contributed by atoms with E-state index in [1.807, 2.05) is 31.2 Å². The monoisotopic (exact) mass is 416 g/mol. The van der Waals surface area contributed by atoms with Crippen LogP contribution in [0.5, 0.6) is 0 Å². The van der Waals surface area contributed by atoms with E-state index in [0.717, 1.165) is 17.7 Å². The second kappa shape index (κ2) is 8.95. The smallest absolute Gasteiger partial charge is 0.287 e. The Kier molecular flexibility index (Phi) is 6.39. The number of rotatable bonds is 6. The first kappa shape index (κ1) is 20.0. The Morgan fingerprint density at radius 2 is 1.82 bits per heavy atom. The molecule has 0 bridgehead atoms. The summed E-state index contributed by atoms with van der Waals surface area (Å²) in [4.78, 5) is 24.4. The fraction of sp³-hybridized carbons (Fsp3) is 0.143. The first-order chi connectivity index (χ1) is 13.5. The number of benzene rings is 2. The number of para-hydroxylation sites is 1. The van der Waals surface area contributed by atoms with Crippen LogP contribution in [0.25, 0.3) is 11.3 Å². The predicted octanol–water partition coefficient (Wildman–Crippen LogP) is 5.18. The fourth-order valence-corrected chi connectivity index (χ4v) is 3.07. The predicted molar refractivity (Wildman–Crippen MR) is 111 cm³/mol. The maximum atomic E-state index is 12.3. The van der Waals surface area contributed by atoms with Gasteiger partial charge in [-0.05, 0) is 48.4 Å². The highest BCUT2D eigenvalue weighted by atomic mass is 35.5. The van der Waals surface area contributed by atoms with Crippen molar-refractivity contribution in [1.82, 2.24) is 5.32 Å². The van der Waals surface area contributed by atoms with Crippen LogP contribution in [-0.4, -0.2) is 18.4 Å². The van der Waals surface area contributed by atoms with Crippen LogP contribution in [0.3, 0.4) is 0 Å². The van der Waals surface area contributed by atoms with Crippen LogP contribution in [0.15, 0.2) is 59.0 Å². The third kappa shape index (κ3) is 4.74. The summed E-state index contributed by atoms with van der Waals surface area (Å²) in [5.74, 6) is -0.325. The Morgan fingerprint density at radius 3 is 2.61 bits per heavy atom. The summed E-state index contributed by atoms with van der Waals surface area (Å²) in [6.07, 6.45) is 0.796. The molecule has 1 aromatic heterocycles. The largest absolute Gasteiger partial charge is 0.451 e. The minimum atomic E-state index is -0.497. The maximum absolute atomic E-state index is 12.3. The number of carbonyl (C=O) groups is 2. The summed E-state index contributed by atoms with van der Waals surface area (Å²) < 4.78 is 5.57. The number of aryl methyl sites for hydroxylation is 1. The van der Waals surface area contributed by atoms with Gasteiger partial charge in [0.2, 0.25) is 5.91 Å². The van der Waals surface area contributed by atoms with Crippen LogP contribution in [0.2, 0.25) is 10.0 Å². The second-order valence-corrected chi connectivity index (χ2v) is 6.87. The number of hydrogen-bond donors (Lipinski definition) is 2. The lowest BCUT2D eigenvalue weighted by Gasteiger charge is -2.10. The number of amides is 2. The number of nitrogens with one attached hydrogen (secondary N) is 2. The van der Waals surface area contributed by atoms with E-state index in [-0.39, 0.29) is 18.2 Å². The molecule has 5 nitrogen and oxygen atoms in total. The first-order valence-corrected chi connectivity index (χ1v) is 9.44. The fourth-order valence-electron chi connectivity index (χ4n) is 2.68. The van der Waals surface area contributed by atoms with E-state index in [0.29, 0.717) is 21.4 Å². The van der Waals surface area contributed by atoms with Crippen LogP contribution in [0, 0.1) is 0 Å². The molecule has 3 aromatic rings. The van der Waals surface area contributed by atoms with Crippen molar-refractivity contribution in [1.29, 1.82) is 0 Å². The molecule has 1 heterocycles. The van der Waals surface area contributed by atoms with Crippen molar-refractivity contribution in [2.75, 3.05) is 11.9 Å². The van der Waals surface area contributed by atoms with Gasteiger partial charge in [-0.1, -0.05) is 48.3 Å². The standard InChI is InChI=1S/C21H18Cl2N2O3/c1-2-13-5-3-4-6-17(13)25-20(26)12-24-21(27)19-10-9-18(28-19)15-11-14(22)7-8-16(15)23/h3-11H,2,12H2,1H3,(H,24,27)(H,25,26). The molecule has 0 saturated carbocycles. The molecule has 0 aliphatic heterocycles. The summed E-state index contributed by atoms with van der Waals surface area (Å²) in [7, 11) is 0. The molecule has 7 heteroatoms. The Labute approximate surface area is 172 Å². The van der Waals surface area contributed by atoms with Crippen molar-refractivity contribution in [3.8, 4) is 11.3 Å². The lowest BCUT2D eigenvalue weighted by Crippen LogP contribution is -2.32. The molecule has 144 valence electrons. The van der Waals surface area contributed by atoms with Gasteiger partial charge in [-0.3, -0.25) is 9.59 Å². The Bertz CT molecular complexity index is 1010. The molecule has 0 spiro atoms. The zero-order valence-corrected chi connectivity index (χ0v) is 16.6. The normalized spacial score (nSPS) is 10.5. The van der Waals surface area contributed by atoms with Gasteiger partial charge in [0.1, 0.15) is 5.76 Å². The minimum absolute atomic E-state index is 0.0767. The molecular weight excluding hydrogens is 399 g/mol. The average molecular weight is 417 g/mol. The Morgan fingerprint density at radius 1 is 1.04 bits per heavy atom. The molecule has 0 unspecified atom stereocenters. The molecule has 2 amide bonds. The first-order valence-electron chi connectivity index (χ1n) is 8.69. The van der Waals surface area contributed by atoms with Crippen LogP contribution in [-0.2, 0) is 11.2 Å². The van der Waals surface area contributed by atoms with Crippen molar-refractivity contribution in [3.05, 3.63) is 76.0 Å². The third-order valence-electron chi connectivity index (χ3n) is 4.11. The van der Waals surface area contributed by atoms with Crippen LogP contribution in [0.1, 0.15) is 23.0 Å². The minimum Gasteiger partial charge on any atom is -0.451 e. The number of halogens is 2. The van der Waals surface area contributed by atoms with Gasteiger partial charge < -0.3 is 15.1 Å². The molecule has 3 rings (SSSR count). The lowest BCUT2D eigenvalue weighted by molar-refractivity contribution is -0.115. The third-order valence-corrected chi connectivity index (χ3v) is 4.67. The van der Waals surface area contributed by atoms with Gasteiger partial charge in [0, 0.05) is 16.3 Å². The molecule has 0 aliphatic rings.